The van der Waals surface area contributed by atoms with Crippen LogP contribution in [0.1, 0.15) is 21.6 Å². The summed E-state index contributed by atoms with van der Waals surface area (Å²) in [6.07, 6.45) is 1.53. The number of aromatic nitrogens is 2. The molecule has 19 heavy (non-hydrogen) atoms. The lowest BCUT2D eigenvalue weighted by molar-refractivity contribution is 0.102. The number of benzene rings is 1. The Balaban J connectivity index is 2.22. The predicted octanol–water partition coefficient (Wildman–Crippen LogP) is 1.28. The summed E-state index contributed by atoms with van der Waals surface area (Å²) >= 11 is 0. The first-order valence-electron chi connectivity index (χ1n) is 5.81. The quantitative estimate of drug-likeness (QED) is 0.706. The van der Waals surface area contributed by atoms with Crippen molar-refractivity contribution >= 4 is 11.6 Å². The Morgan fingerprint density at radius 2 is 2.32 bits per heavy atom. The number of nitrogens with zero attached hydrogens (tertiary/aromatic N) is 1. The van der Waals surface area contributed by atoms with Crippen molar-refractivity contribution < 1.29 is 4.79 Å². The van der Waals surface area contributed by atoms with Crippen molar-refractivity contribution in [2.75, 3.05) is 11.9 Å². The van der Waals surface area contributed by atoms with Crippen molar-refractivity contribution in [3.63, 3.8) is 0 Å². The minimum absolute atomic E-state index is 0.232. The third kappa shape index (κ3) is 3.21. The van der Waals surface area contributed by atoms with Gasteiger partial charge in [0.05, 0.1) is 6.54 Å². The van der Waals surface area contributed by atoms with E-state index in [0.29, 0.717) is 12.2 Å². The molecule has 0 radical (unpaired) electrons. The fourth-order valence-corrected chi connectivity index (χ4v) is 1.56. The molecule has 0 saturated heterocycles. The van der Waals surface area contributed by atoms with Crippen molar-refractivity contribution in [3.05, 3.63) is 47.3 Å². The highest BCUT2D eigenvalue weighted by Crippen LogP contribution is 2.17. The molecule has 0 unspecified atom stereocenters. The van der Waals surface area contributed by atoms with Crippen LogP contribution >= 0.6 is 0 Å². The number of H-pyrrole nitrogens is 1. The van der Waals surface area contributed by atoms with Gasteiger partial charge in [-0.3, -0.25) is 9.89 Å². The van der Waals surface area contributed by atoms with Crippen LogP contribution in [-0.4, -0.2) is 22.6 Å². The number of hydrogen-bond acceptors (Lipinski definition) is 3. The Labute approximate surface area is 111 Å². The Hall–Kier alpha value is -2.58. The lowest BCUT2D eigenvalue weighted by atomic mass is 10.1. The highest BCUT2D eigenvalue weighted by atomic mass is 16.1. The van der Waals surface area contributed by atoms with Crippen molar-refractivity contribution in [2.24, 2.45) is 5.73 Å². The number of amides is 1. The molecule has 0 aliphatic rings. The highest BCUT2D eigenvalue weighted by molar-refractivity contribution is 6.03. The molecule has 0 bridgehead atoms. The van der Waals surface area contributed by atoms with Gasteiger partial charge in [0, 0.05) is 17.4 Å². The van der Waals surface area contributed by atoms with Crippen LogP contribution in [0.5, 0.6) is 0 Å². The maximum absolute atomic E-state index is 11.9. The summed E-state index contributed by atoms with van der Waals surface area (Å²) in [5, 5.41) is 9.18. The van der Waals surface area contributed by atoms with Gasteiger partial charge in [-0.1, -0.05) is 17.9 Å². The average molecular weight is 254 g/mol. The van der Waals surface area contributed by atoms with Crippen molar-refractivity contribution in [1.82, 2.24) is 10.2 Å². The van der Waals surface area contributed by atoms with Crippen molar-refractivity contribution in [2.45, 2.75) is 6.92 Å². The third-order valence-corrected chi connectivity index (χ3v) is 2.57. The van der Waals surface area contributed by atoms with E-state index in [1.165, 1.54) is 6.20 Å². The summed E-state index contributed by atoms with van der Waals surface area (Å²) in [7, 11) is 0. The van der Waals surface area contributed by atoms with E-state index in [-0.39, 0.29) is 5.91 Å². The molecule has 1 aromatic heterocycles. The molecule has 1 heterocycles. The number of hydrogen-bond donors (Lipinski definition) is 3. The Kier molecular flexibility index (Phi) is 3.96. The van der Waals surface area contributed by atoms with Crippen molar-refractivity contribution in [1.29, 1.82) is 0 Å². The molecule has 0 atom stereocenters. The SMILES string of the molecule is Cc1ccc(C#CCN)cc1NC(=O)c1ccn[nH]1. The summed E-state index contributed by atoms with van der Waals surface area (Å²) in [5.74, 6) is 5.48. The van der Waals surface area contributed by atoms with Crippen LogP contribution in [0.2, 0.25) is 0 Å². The summed E-state index contributed by atoms with van der Waals surface area (Å²) in [5.41, 5.74) is 8.25. The van der Waals surface area contributed by atoms with E-state index in [0.717, 1.165) is 16.8 Å². The van der Waals surface area contributed by atoms with Gasteiger partial charge in [-0.15, -0.1) is 0 Å². The monoisotopic (exact) mass is 254 g/mol. The van der Waals surface area contributed by atoms with Crippen LogP contribution in [0, 0.1) is 18.8 Å². The molecule has 5 heteroatoms. The number of aryl methyl sites for hydroxylation is 1. The number of carbonyl (C=O) groups is 1. The minimum atomic E-state index is -0.232. The maximum Gasteiger partial charge on any atom is 0.273 e. The van der Waals surface area contributed by atoms with Gasteiger partial charge in [-0.05, 0) is 30.7 Å². The van der Waals surface area contributed by atoms with E-state index in [9.17, 15) is 4.79 Å². The number of aromatic amines is 1. The van der Waals surface area contributed by atoms with Gasteiger partial charge in [0.15, 0.2) is 0 Å². The Morgan fingerprint density at radius 1 is 1.47 bits per heavy atom. The van der Waals surface area contributed by atoms with Crippen LogP contribution in [0.4, 0.5) is 5.69 Å². The van der Waals surface area contributed by atoms with Gasteiger partial charge in [0.1, 0.15) is 5.69 Å². The number of nitrogens with two attached hydrogens (primary N) is 1. The molecule has 5 nitrogen and oxygen atoms in total. The zero-order valence-corrected chi connectivity index (χ0v) is 10.5. The van der Waals surface area contributed by atoms with Crippen LogP contribution in [0.25, 0.3) is 0 Å². The first-order chi connectivity index (χ1) is 9.20. The molecule has 1 amide bonds. The average Bonchev–Trinajstić information content (AvgIpc) is 2.93. The molecule has 0 fully saturated rings. The van der Waals surface area contributed by atoms with E-state index < -0.39 is 0 Å². The van der Waals surface area contributed by atoms with Gasteiger partial charge in [-0.2, -0.15) is 5.10 Å². The predicted molar refractivity (Wildman–Crippen MR) is 73.7 cm³/mol. The molecule has 0 aliphatic carbocycles. The molecule has 0 aliphatic heterocycles. The van der Waals surface area contributed by atoms with Crippen LogP contribution in [-0.2, 0) is 0 Å². The second-order valence-corrected chi connectivity index (χ2v) is 3.96. The first-order valence-corrected chi connectivity index (χ1v) is 5.81. The molecule has 4 N–H and O–H groups in total. The standard InChI is InChI=1S/C14H14N4O/c1-10-4-5-11(3-2-7-15)9-13(10)17-14(19)12-6-8-16-18-12/h4-6,8-9H,7,15H2,1H3,(H,16,18)(H,17,19). The smallest absolute Gasteiger partial charge is 0.273 e. The molecule has 2 rings (SSSR count). The number of nitrogens with one attached hydrogen (secondary N) is 2. The zero-order chi connectivity index (χ0) is 13.7. The van der Waals surface area contributed by atoms with E-state index in [1.807, 2.05) is 25.1 Å². The fourth-order valence-electron chi connectivity index (χ4n) is 1.56. The summed E-state index contributed by atoms with van der Waals surface area (Å²) in [4.78, 5) is 11.9. The van der Waals surface area contributed by atoms with Gasteiger partial charge in [0.25, 0.3) is 5.91 Å². The molecular weight excluding hydrogens is 240 g/mol. The molecule has 0 saturated carbocycles. The lowest BCUT2D eigenvalue weighted by Gasteiger charge is -2.07. The molecule has 1 aromatic carbocycles. The topological polar surface area (TPSA) is 83.8 Å². The van der Waals surface area contributed by atoms with Gasteiger partial charge in [0.2, 0.25) is 0 Å². The van der Waals surface area contributed by atoms with Crippen LogP contribution < -0.4 is 11.1 Å². The second kappa shape index (κ2) is 5.85. The highest BCUT2D eigenvalue weighted by Gasteiger charge is 2.08. The number of anilines is 1. The second-order valence-electron chi connectivity index (χ2n) is 3.96. The number of carbonyl (C=O) groups excluding carboxylic acids is 1. The normalized spacial score (nSPS) is 9.58. The summed E-state index contributed by atoms with van der Waals surface area (Å²) in [6.45, 7) is 2.23. The lowest BCUT2D eigenvalue weighted by Crippen LogP contribution is -2.13. The third-order valence-electron chi connectivity index (χ3n) is 2.57. The maximum atomic E-state index is 11.9. The van der Waals surface area contributed by atoms with Gasteiger partial charge < -0.3 is 11.1 Å². The Bertz CT molecular complexity index is 635. The zero-order valence-electron chi connectivity index (χ0n) is 10.5. The fraction of sp³-hybridized carbons (Fsp3) is 0.143. The molecule has 0 spiro atoms. The Morgan fingerprint density at radius 3 is 3.00 bits per heavy atom. The van der Waals surface area contributed by atoms with Gasteiger partial charge >= 0.3 is 0 Å². The van der Waals surface area contributed by atoms with E-state index in [4.69, 9.17) is 5.73 Å². The minimum Gasteiger partial charge on any atom is -0.320 e. The summed E-state index contributed by atoms with van der Waals surface area (Å²) < 4.78 is 0. The summed E-state index contributed by atoms with van der Waals surface area (Å²) in [6, 6.07) is 7.24. The molecule has 96 valence electrons. The van der Waals surface area contributed by atoms with Crippen molar-refractivity contribution in [3.8, 4) is 11.8 Å². The first kappa shape index (κ1) is 12.9. The number of rotatable bonds is 2. The van der Waals surface area contributed by atoms with Crippen LogP contribution in [0.3, 0.4) is 0 Å². The van der Waals surface area contributed by atoms with E-state index in [1.54, 1.807) is 6.07 Å². The van der Waals surface area contributed by atoms with E-state index >= 15 is 0 Å². The van der Waals surface area contributed by atoms with Gasteiger partial charge in [-0.25, -0.2) is 0 Å². The molecular formula is C14H14N4O. The molecule has 2 aromatic rings. The largest absolute Gasteiger partial charge is 0.320 e. The van der Waals surface area contributed by atoms with Crippen LogP contribution in [0.15, 0.2) is 30.5 Å². The van der Waals surface area contributed by atoms with E-state index in [2.05, 4.69) is 27.4 Å².